The first-order valence-electron chi connectivity index (χ1n) is 6.74. The van der Waals surface area contributed by atoms with Gasteiger partial charge < -0.3 is 19.7 Å². The number of nitrogens with one attached hydrogen (secondary N) is 1. The molecule has 2 aliphatic heterocycles. The van der Waals surface area contributed by atoms with Crippen molar-refractivity contribution in [1.82, 2.24) is 10.2 Å². The van der Waals surface area contributed by atoms with Crippen LogP contribution in [0.5, 0.6) is 0 Å². The largest absolute Gasteiger partial charge is 0.490 e. The van der Waals surface area contributed by atoms with Gasteiger partial charge in [-0.1, -0.05) is 0 Å². The molecule has 2 saturated heterocycles. The van der Waals surface area contributed by atoms with Gasteiger partial charge in [0.15, 0.2) is 10.4 Å². The molecular formula is C13H14BrF3N2O4. The van der Waals surface area contributed by atoms with Crippen molar-refractivity contribution in [3.63, 3.8) is 0 Å². The molecule has 1 aromatic rings. The highest BCUT2D eigenvalue weighted by Crippen LogP contribution is 2.28. The minimum absolute atomic E-state index is 0.0140. The number of hydrogen-bond acceptors (Lipinski definition) is 4. The van der Waals surface area contributed by atoms with Crippen LogP contribution in [0.25, 0.3) is 0 Å². The molecule has 0 aromatic carbocycles. The van der Waals surface area contributed by atoms with E-state index in [4.69, 9.17) is 14.3 Å². The lowest BCUT2D eigenvalue weighted by atomic mass is 10.0. The van der Waals surface area contributed by atoms with Crippen molar-refractivity contribution in [2.24, 2.45) is 11.8 Å². The summed E-state index contributed by atoms with van der Waals surface area (Å²) in [7, 11) is 0. The van der Waals surface area contributed by atoms with Crippen LogP contribution in [0.4, 0.5) is 13.2 Å². The van der Waals surface area contributed by atoms with Crippen molar-refractivity contribution in [2.45, 2.75) is 6.18 Å². The summed E-state index contributed by atoms with van der Waals surface area (Å²) < 4.78 is 37.6. The van der Waals surface area contributed by atoms with E-state index in [0.29, 0.717) is 22.3 Å². The summed E-state index contributed by atoms with van der Waals surface area (Å²) in [6, 6.07) is 3.48. The molecule has 1 amide bonds. The van der Waals surface area contributed by atoms with Crippen LogP contribution in [-0.2, 0) is 4.79 Å². The molecule has 3 heterocycles. The molecule has 0 bridgehead atoms. The fourth-order valence-electron chi connectivity index (χ4n) is 2.61. The molecule has 0 saturated carbocycles. The first-order chi connectivity index (χ1) is 10.7. The fraction of sp³-hybridized carbons (Fsp3) is 0.538. The number of likely N-dealkylation sites (tertiary alicyclic amines) is 1. The van der Waals surface area contributed by atoms with Gasteiger partial charge in [-0.15, -0.1) is 0 Å². The van der Waals surface area contributed by atoms with Crippen LogP contribution >= 0.6 is 15.9 Å². The van der Waals surface area contributed by atoms with E-state index in [0.717, 1.165) is 26.2 Å². The van der Waals surface area contributed by atoms with Crippen LogP contribution in [0.3, 0.4) is 0 Å². The number of amides is 1. The number of aliphatic carboxylic acids is 1. The average Bonchev–Trinajstić information content (AvgIpc) is 3.11. The van der Waals surface area contributed by atoms with E-state index in [1.807, 2.05) is 4.90 Å². The van der Waals surface area contributed by atoms with Crippen molar-refractivity contribution < 1.29 is 32.3 Å². The molecular weight excluding hydrogens is 385 g/mol. The number of carboxylic acid groups (broad SMARTS) is 1. The van der Waals surface area contributed by atoms with Crippen LogP contribution in [0.15, 0.2) is 21.2 Å². The molecule has 3 rings (SSSR count). The highest BCUT2D eigenvalue weighted by molar-refractivity contribution is 9.10. The van der Waals surface area contributed by atoms with Crippen LogP contribution < -0.4 is 5.32 Å². The van der Waals surface area contributed by atoms with Crippen molar-refractivity contribution in [1.29, 1.82) is 0 Å². The molecule has 2 aliphatic rings. The number of fused-ring (bicyclic) bond motifs is 1. The van der Waals surface area contributed by atoms with E-state index in [1.165, 1.54) is 0 Å². The first-order valence-corrected chi connectivity index (χ1v) is 7.53. The van der Waals surface area contributed by atoms with Gasteiger partial charge in [-0.2, -0.15) is 13.2 Å². The maximum absolute atomic E-state index is 12.1. The van der Waals surface area contributed by atoms with Crippen LogP contribution in [0.2, 0.25) is 0 Å². The molecule has 10 heteroatoms. The Kier molecular flexibility index (Phi) is 5.35. The molecule has 23 heavy (non-hydrogen) atoms. The van der Waals surface area contributed by atoms with Gasteiger partial charge in [0.25, 0.3) is 5.91 Å². The quantitative estimate of drug-likeness (QED) is 0.755. The van der Waals surface area contributed by atoms with E-state index >= 15 is 0 Å². The lowest BCUT2D eigenvalue weighted by Gasteiger charge is -2.15. The maximum atomic E-state index is 12.1. The summed E-state index contributed by atoms with van der Waals surface area (Å²) in [6.07, 6.45) is -5.08. The Bertz CT molecular complexity index is 578. The normalized spacial score (nSPS) is 23.2. The summed E-state index contributed by atoms with van der Waals surface area (Å²) in [5, 5.41) is 10.5. The van der Waals surface area contributed by atoms with Gasteiger partial charge in [0.2, 0.25) is 0 Å². The molecule has 6 nitrogen and oxygen atoms in total. The fourth-order valence-corrected chi connectivity index (χ4v) is 2.91. The molecule has 0 radical (unpaired) electrons. The number of nitrogens with zero attached hydrogens (tertiary/aromatic N) is 1. The summed E-state index contributed by atoms with van der Waals surface area (Å²) in [5.74, 6) is -1.06. The van der Waals surface area contributed by atoms with Gasteiger partial charge in [-0.05, 0) is 39.9 Å². The zero-order valence-corrected chi connectivity index (χ0v) is 13.4. The number of carboxylic acids is 1. The van der Waals surface area contributed by atoms with Crippen LogP contribution in [0.1, 0.15) is 10.6 Å². The topological polar surface area (TPSA) is 82.8 Å². The first kappa shape index (κ1) is 17.8. The predicted octanol–water partition coefficient (Wildman–Crippen LogP) is 1.97. The predicted molar refractivity (Wildman–Crippen MR) is 75.9 cm³/mol. The minimum Gasteiger partial charge on any atom is -0.475 e. The Labute approximate surface area is 137 Å². The lowest BCUT2D eigenvalue weighted by molar-refractivity contribution is -0.192. The molecule has 2 fully saturated rings. The van der Waals surface area contributed by atoms with Crippen molar-refractivity contribution in [3.05, 3.63) is 22.6 Å². The summed E-state index contributed by atoms with van der Waals surface area (Å²) >= 11 is 3.21. The van der Waals surface area contributed by atoms with Crippen LogP contribution in [-0.4, -0.2) is 54.2 Å². The Morgan fingerprint density at radius 2 is 1.78 bits per heavy atom. The van der Waals surface area contributed by atoms with Gasteiger partial charge in [0.05, 0.1) is 0 Å². The number of hydrogen-bond donors (Lipinski definition) is 2. The number of rotatable bonds is 1. The average molecular weight is 399 g/mol. The van der Waals surface area contributed by atoms with Crippen molar-refractivity contribution >= 4 is 27.8 Å². The standard InChI is InChI=1S/C11H13BrN2O2.C2HF3O2/c12-10-2-1-9(16-10)11(15)14-5-7-3-13-4-8(7)6-14;3-2(4,5)1(6)7/h1-2,7-8,13H,3-6H2;(H,6,7)/t7-,8+;. The summed E-state index contributed by atoms with van der Waals surface area (Å²) in [4.78, 5) is 22.9. The number of halogens is 4. The van der Waals surface area contributed by atoms with E-state index in [-0.39, 0.29) is 5.91 Å². The molecule has 0 unspecified atom stereocenters. The second-order valence-electron chi connectivity index (χ2n) is 5.30. The monoisotopic (exact) mass is 398 g/mol. The van der Waals surface area contributed by atoms with Crippen molar-refractivity contribution in [3.8, 4) is 0 Å². The number of alkyl halides is 3. The zero-order valence-electron chi connectivity index (χ0n) is 11.8. The Morgan fingerprint density at radius 3 is 2.17 bits per heavy atom. The second-order valence-corrected chi connectivity index (χ2v) is 6.08. The Balaban J connectivity index is 0.000000236. The maximum Gasteiger partial charge on any atom is 0.490 e. The molecule has 0 aliphatic carbocycles. The van der Waals surface area contributed by atoms with Gasteiger partial charge in [0, 0.05) is 26.2 Å². The molecule has 128 valence electrons. The summed E-state index contributed by atoms with van der Waals surface area (Å²) in [6.45, 7) is 3.79. The van der Waals surface area contributed by atoms with Gasteiger partial charge in [-0.25, -0.2) is 4.79 Å². The third-order valence-corrected chi connectivity index (χ3v) is 4.13. The van der Waals surface area contributed by atoms with E-state index in [9.17, 15) is 18.0 Å². The minimum atomic E-state index is -5.08. The van der Waals surface area contributed by atoms with E-state index < -0.39 is 12.1 Å². The molecule has 2 atom stereocenters. The third kappa shape index (κ3) is 4.47. The molecule has 0 spiro atoms. The van der Waals surface area contributed by atoms with Crippen molar-refractivity contribution in [2.75, 3.05) is 26.2 Å². The SMILES string of the molecule is O=C(O)C(F)(F)F.O=C(c1ccc(Br)o1)N1C[C@H]2CNC[C@H]2C1. The molecule has 2 N–H and O–H groups in total. The highest BCUT2D eigenvalue weighted by Gasteiger charge is 2.39. The third-order valence-electron chi connectivity index (χ3n) is 3.70. The zero-order chi connectivity index (χ0) is 17.2. The second kappa shape index (κ2) is 6.91. The number of carbonyl (C=O) groups excluding carboxylic acids is 1. The van der Waals surface area contributed by atoms with Gasteiger partial charge >= 0.3 is 12.1 Å². The summed E-state index contributed by atoms with van der Waals surface area (Å²) in [5.41, 5.74) is 0. The van der Waals surface area contributed by atoms with Crippen LogP contribution in [0, 0.1) is 11.8 Å². The van der Waals surface area contributed by atoms with Gasteiger partial charge in [0.1, 0.15) is 0 Å². The number of carbonyl (C=O) groups is 2. The Hall–Kier alpha value is -1.55. The van der Waals surface area contributed by atoms with E-state index in [2.05, 4.69) is 21.2 Å². The smallest absolute Gasteiger partial charge is 0.475 e. The van der Waals surface area contributed by atoms with E-state index in [1.54, 1.807) is 12.1 Å². The van der Waals surface area contributed by atoms with Gasteiger partial charge in [-0.3, -0.25) is 4.79 Å². The lowest BCUT2D eigenvalue weighted by Crippen LogP contribution is -2.31. The molecule has 1 aromatic heterocycles. The Morgan fingerprint density at radius 1 is 1.26 bits per heavy atom. The number of furan rings is 1. The highest BCUT2D eigenvalue weighted by atomic mass is 79.9.